The maximum Gasteiger partial charge on any atom is 0.573 e. The van der Waals surface area contributed by atoms with Crippen molar-refractivity contribution in [2.24, 2.45) is 0 Å². The Hall–Kier alpha value is -1.93. The number of hydrogen-bond acceptors (Lipinski definition) is 4. The third-order valence-electron chi connectivity index (χ3n) is 1.77. The predicted molar refractivity (Wildman–Crippen MR) is 47.8 cm³/mol. The minimum Gasteiger partial charge on any atom is -0.481 e. The highest BCUT2D eigenvalue weighted by atomic mass is 19.4. The summed E-state index contributed by atoms with van der Waals surface area (Å²) in [5, 5.41) is 0. The largest absolute Gasteiger partial charge is 0.573 e. The summed E-state index contributed by atoms with van der Waals surface area (Å²) >= 11 is 0. The molecule has 1 rings (SSSR count). The topological polar surface area (TPSA) is 48.4 Å². The molecule has 9 heteroatoms. The second kappa shape index (κ2) is 5.15. The van der Waals surface area contributed by atoms with Gasteiger partial charge < -0.3 is 9.47 Å². The van der Waals surface area contributed by atoms with Gasteiger partial charge in [0.1, 0.15) is 0 Å². The van der Waals surface area contributed by atoms with Gasteiger partial charge in [-0.25, -0.2) is 13.8 Å². The number of aldehydes is 1. The van der Waals surface area contributed by atoms with Crippen LogP contribution in [0.5, 0.6) is 11.6 Å². The summed E-state index contributed by atoms with van der Waals surface area (Å²) in [7, 11) is 1.07. The monoisotopic (exact) mass is 271 g/mol. The SMILES string of the molecule is COc1cc(C=O)c(OC(F)(F)F)c(C(F)F)n1. The summed E-state index contributed by atoms with van der Waals surface area (Å²) in [6, 6.07) is 0.764. The molecule has 1 aromatic heterocycles. The molecule has 0 aromatic carbocycles. The van der Waals surface area contributed by atoms with E-state index < -0.39 is 35.7 Å². The molecular formula is C9H6F5NO3. The van der Waals surface area contributed by atoms with E-state index in [1.165, 1.54) is 0 Å². The van der Waals surface area contributed by atoms with E-state index in [4.69, 9.17) is 0 Å². The van der Waals surface area contributed by atoms with Crippen LogP contribution in [-0.2, 0) is 0 Å². The average Bonchev–Trinajstić information content (AvgIpc) is 2.26. The fraction of sp³-hybridized carbons (Fsp3) is 0.333. The highest BCUT2D eigenvalue weighted by Crippen LogP contribution is 2.35. The van der Waals surface area contributed by atoms with Crippen molar-refractivity contribution in [3.05, 3.63) is 17.3 Å². The minimum atomic E-state index is -5.21. The number of alkyl halides is 5. The second-order valence-corrected chi connectivity index (χ2v) is 2.93. The summed E-state index contributed by atoms with van der Waals surface area (Å²) in [6.07, 6.45) is -8.62. The molecule has 0 aliphatic heterocycles. The smallest absolute Gasteiger partial charge is 0.481 e. The first-order valence-corrected chi connectivity index (χ1v) is 4.36. The lowest BCUT2D eigenvalue weighted by molar-refractivity contribution is -0.275. The third-order valence-corrected chi connectivity index (χ3v) is 1.77. The van der Waals surface area contributed by atoms with E-state index in [-0.39, 0.29) is 6.29 Å². The van der Waals surface area contributed by atoms with Crippen LogP contribution < -0.4 is 9.47 Å². The molecule has 0 fully saturated rings. The van der Waals surface area contributed by atoms with E-state index in [0.717, 1.165) is 13.2 Å². The number of aromatic nitrogens is 1. The van der Waals surface area contributed by atoms with Crippen molar-refractivity contribution in [1.29, 1.82) is 0 Å². The molecule has 0 amide bonds. The normalized spacial score (nSPS) is 11.5. The van der Waals surface area contributed by atoms with Gasteiger partial charge in [0, 0.05) is 6.07 Å². The van der Waals surface area contributed by atoms with Crippen molar-refractivity contribution < 1.29 is 36.2 Å². The quantitative estimate of drug-likeness (QED) is 0.624. The Morgan fingerprint density at radius 3 is 2.39 bits per heavy atom. The lowest BCUT2D eigenvalue weighted by Gasteiger charge is -2.14. The van der Waals surface area contributed by atoms with Crippen molar-refractivity contribution in [3.8, 4) is 11.6 Å². The Labute approximate surface area is 97.3 Å². The molecule has 0 spiro atoms. The molecule has 0 radical (unpaired) electrons. The highest BCUT2D eigenvalue weighted by Gasteiger charge is 2.35. The maximum absolute atomic E-state index is 12.6. The summed E-state index contributed by atoms with van der Waals surface area (Å²) in [4.78, 5) is 13.7. The number of ether oxygens (including phenoxy) is 2. The standard InChI is InChI=1S/C9H6F5NO3/c1-17-5-2-4(3-16)7(18-9(12,13)14)6(15-5)8(10)11/h2-3,8H,1H3. The fourth-order valence-corrected chi connectivity index (χ4v) is 1.12. The lowest BCUT2D eigenvalue weighted by atomic mass is 10.2. The molecule has 1 aromatic rings. The van der Waals surface area contributed by atoms with Crippen molar-refractivity contribution >= 4 is 6.29 Å². The molecule has 0 saturated heterocycles. The zero-order chi connectivity index (χ0) is 13.9. The number of hydrogen-bond donors (Lipinski definition) is 0. The van der Waals surface area contributed by atoms with Gasteiger partial charge >= 0.3 is 6.36 Å². The molecule has 4 nitrogen and oxygen atoms in total. The van der Waals surface area contributed by atoms with E-state index in [9.17, 15) is 26.7 Å². The summed E-state index contributed by atoms with van der Waals surface area (Å²) in [5.41, 5.74) is -2.04. The van der Waals surface area contributed by atoms with Gasteiger partial charge in [0.05, 0.1) is 12.7 Å². The third kappa shape index (κ3) is 3.28. The van der Waals surface area contributed by atoms with Gasteiger partial charge in [0.25, 0.3) is 6.43 Å². The molecule has 18 heavy (non-hydrogen) atoms. The van der Waals surface area contributed by atoms with Crippen LogP contribution in [0.2, 0.25) is 0 Å². The van der Waals surface area contributed by atoms with E-state index in [2.05, 4.69) is 14.5 Å². The first-order chi connectivity index (χ1) is 8.28. The number of pyridine rings is 1. The Kier molecular flexibility index (Phi) is 4.04. The molecular weight excluding hydrogens is 265 g/mol. The fourth-order valence-electron chi connectivity index (χ4n) is 1.12. The summed E-state index contributed by atoms with van der Waals surface area (Å²) < 4.78 is 69.1. The van der Waals surface area contributed by atoms with Crippen molar-refractivity contribution in [3.63, 3.8) is 0 Å². The van der Waals surface area contributed by atoms with Crippen LogP contribution in [0.3, 0.4) is 0 Å². The van der Waals surface area contributed by atoms with E-state index >= 15 is 0 Å². The molecule has 0 N–H and O–H groups in total. The molecule has 0 aliphatic carbocycles. The van der Waals surface area contributed by atoms with Crippen LogP contribution in [0, 0.1) is 0 Å². The first kappa shape index (κ1) is 14.1. The number of carbonyl (C=O) groups is 1. The highest BCUT2D eigenvalue weighted by molar-refractivity contribution is 5.80. The average molecular weight is 271 g/mol. The zero-order valence-corrected chi connectivity index (χ0v) is 8.79. The number of nitrogens with zero attached hydrogens (tertiary/aromatic N) is 1. The van der Waals surface area contributed by atoms with Crippen LogP contribution >= 0.6 is 0 Å². The Morgan fingerprint density at radius 2 is 2.00 bits per heavy atom. The van der Waals surface area contributed by atoms with Gasteiger partial charge in [0.15, 0.2) is 17.7 Å². The molecule has 0 saturated carbocycles. The summed E-state index contributed by atoms with van der Waals surface area (Å²) in [5.74, 6) is -1.74. The lowest BCUT2D eigenvalue weighted by Crippen LogP contribution is -2.20. The minimum absolute atomic E-state index is 0.0584. The number of halogens is 5. The number of methoxy groups -OCH3 is 1. The van der Waals surface area contributed by atoms with Crippen LogP contribution in [-0.4, -0.2) is 24.7 Å². The van der Waals surface area contributed by atoms with Gasteiger partial charge in [-0.1, -0.05) is 0 Å². The van der Waals surface area contributed by atoms with Crippen LogP contribution in [0.25, 0.3) is 0 Å². The van der Waals surface area contributed by atoms with E-state index in [0.29, 0.717) is 0 Å². The van der Waals surface area contributed by atoms with Crippen LogP contribution in [0.15, 0.2) is 6.07 Å². The maximum atomic E-state index is 12.6. The molecule has 0 aliphatic rings. The molecule has 100 valence electrons. The molecule has 0 unspecified atom stereocenters. The van der Waals surface area contributed by atoms with Crippen LogP contribution in [0.1, 0.15) is 22.5 Å². The Bertz CT molecular complexity index is 447. The van der Waals surface area contributed by atoms with Gasteiger partial charge in [-0.2, -0.15) is 0 Å². The van der Waals surface area contributed by atoms with E-state index in [1.54, 1.807) is 0 Å². The Balaban J connectivity index is 3.39. The summed E-state index contributed by atoms with van der Waals surface area (Å²) in [6.45, 7) is 0. The van der Waals surface area contributed by atoms with Gasteiger partial charge in [-0.15, -0.1) is 13.2 Å². The zero-order valence-electron chi connectivity index (χ0n) is 8.79. The molecule has 0 atom stereocenters. The van der Waals surface area contributed by atoms with Gasteiger partial charge in [-0.05, 0) is 0 Å². The van der Waals surface area contributed by atoms with Crippen molar-refractivity contribution in [2.75, 3.05) is 7.11 Å². The first-order valence-electron chi connectivity index (χ1n) is 4.36. The number of carbonyl (C=O) groups excluding carboxylic acids is 1. The predicted octanol–water partition coefficient (Wildman–Crippen LogP) is 2.74. The second-order valence-electron chi connectivity index (χ2n) is 2.93. The van der Waals surface area contributed by atoms with Gasteiger partial charge in [0.2, 0.25) is 5.88 Å². The van der Waals surface area contributed by atoms with Crippen molar-refractivity contribution in [2.45, 2.75) is 12.8 Å². The molecule has 1 heterocycles. The van der Waals surface area contributed by atoms with E-state index in [1.807, 2.05) is 0 Å². The van der Waals surface area contributed by atoms with Crippen molar-refractivity contribution in [1.82, 2.24) is 4.98 Å². The van der Waals surface area contributed by atoms with Crippen LogP contribution in [0.4, 0.5) is 22.0 Å². The number of rotatable bonds is 4. The Morgan fingerprint density at radius 1 is 1.39 bits per heavy atom. The molecule has 0 bridgehead atoms. The van der Waals surface area contributed by atoms with Gasteiger partial charge in [-0.3, -0.25) is 4.79 Å².